The topological polar surface area (TPSA) is 126 Å². The van der Waals surface area contributed by atoms with Gasteiger partial charge in [-0.3, -0.25) is 0 Å². The number of rotatable bonds is 5. The van der Waals surface area contributed by atoms with E-state index in [1.54, 1.807) is 18.2 Å². The summed E-state index contributed by atoms with van der Waals surface area (Å²) in [4.78, 5) is 13.8. The van der Waals surface area contributed by atoms with Gasteiger partial charge in [0.05, 0.1) is 18.1 Å². The van der Waals surface area contributed by atoms with Crippen molar-refractivity contribution < 1.29 is 22.9 Å². The molecule has 1 aliphatic rings. The highest BCUT2D eigenvalue weighted by Gasteiger charge is 2.34. The van der Waals surface area contributed by atoms with Crippen molar-refractivity contribution in [1.29, 1.82) is 0 Å². The molecule has 0 radical (unpaired) electrons. The van der Waals surface area contributed by atoms with E-state index < -0.39 is 21.9 Å². The van der Waals surface area contributed by atoms with Crippen LogP contribution in [0.5, 0.6) is 0 Å². The fraction of sp³-hybridized carbons (Fsp3) is 0.500. The average molecular weight is 354 g/mol. The number of hydrogen-bond donors (Lipinski definition) is 2. The van der Waals surface area contributed by atoms with Crippen LogP contribution in [0.4, 0.5) is 4.79 Å². The van der Waals surface area contributed by atoms with Gasteiger partial charge in [-0.25, -0.2) is 17.8 Å². The third-order valence-corrected chi connectivity index (χ3v) is 5.76. The van der Waals surface area contributed by atoms with Gasteiger partial charge in [-0.15, -0.1) is 0 Å². The molecule has 0 aliphatic carbocycles. The standard InChI is InChI=1S/C14H18N4O5S/c19-5-4-18(11-3-6-24(21,22)9-11)14(20)15-8-10-1-2-12-13(7-10)17-23-16-12/h1-2,7,11,19H,3-6,8-9H2,(H,15,20)/t11-/m0/s1. The molecule has 1 aromatic carbocycles. The van der Waals surface area contributed by atoms with Gasteiger partial charge >= 0.3 is 6.03 Å². The summed E-state index contributed by atoms with van der Waals surface area (Å²) in [5, 5.41) is 19.4. The fourth-order valence-electron chi connectivity index (χ4n) is 2.80. The molecule has 130 valence electrons. The van der Waals surface area contributed by atoms with E-state index in [2.05, 4.69) is 20.3 Å². The van der Waals surface area contributed by atoms with E-state index in [1.165, 1.54) is 4.90 Å². The molecule has 2 N–H and O–H groups in total. The van der Waals surface area contributed by atoms with Crippen molar-refractivity contribution in [3.05, 3.63) is 23.8 Å². The lowest BCUT2D eigenvalue weighted by Crippen LogP contribution is -2.47. The molecule has 1 atom stereocenters. The monoisotopic (exact) mass is 354 g/mol. The molecular weight excluding hydrogens is 336 g/mol. The number of nitrogens with zero attached hydrogens (tertiary/aromatic N) is 3. The van der Waals surface area contributed by atoms with E-state index >= 15 is 0 Å². The zero-order valence-electron chi connectivity index (χ0n) is 12.9. The smallest absolute Gasteiger partial charge is 0.318 e. The molecule has 10 heteroatoms. The van der Waals surface area contributed by atoms with E-state index in [0.29, 0.717) is 17.5 Å². The molecule has 2 heterocycles. The Kier molecular flexibility index (Phi) is 4.67. The number of hydrogen-bond acceptors (Lipinski definition) is 7. The number of carbonyl (C=O) groups excluding carboxylic acids is 1. The lowest BCUT2D eigenvalue weighted by Gasteiger charge is -2.27. The molecule has 1 fully saturated rings. The summed E-state index contributed by atoms with van der Waals surface area (Å²) in [5.41, 5.74) is 2.04. The molecule has 0 saturated carbocycles. The van der Waals surface area contributed by atoms with Crippen LogP contribution in [0.3, 0.4) is 0 Å². The number of urea groups is 1. The van der Waals surface area contributed by atoms with Crippen LogP contribution in [0.2, 0.25) is 0 Å². The van der Waals surface area contributed by atoms with Crippen LogP contribution in [0.15, 0.2) is 22.8 Å². The van der Waals surface area contributed by atoms with Crippen LogP contribution in [0, 0.1) is 0 Å². The van der Waals surface area contributed by atoms with Gasteiger partial charge < -0.3 is 15.3 Å². The van der Waals surface area contributed by atoms with Crippen molar-refractivity contribution in [3.63, 3.8) is 0 Å². The van der Waals surface area contributed by atoms with Gasteiger partial charge in [0.2, 0.25) is 0 Å². The van der Waals surface area contributed by atoms with E-state index in [0.717, 1.165) is 5.56 Å². The van der Waals surface area contributed by atoms with E-state index in [1.807, 2.05) is 0 Å². The van der Waals surface area contributed by atoms with Gasteiger partial charge in [-0.05, 0) is 34.4 Å². The third-order valence-electron chi connectivity index (χ3n) is 4.01. The number of benzene rings is 1. The Labute approximate surface area is 138 Å². The Morgan fingerprint density at radius 2 is 2.17 bits per heavy atom. The van der Waals surface area contributed by atoms with Gasteiger partial charge in [0.1, 0.15) is 11.0 Å². The van der Waals surface area contributed by atoms with Crippen molar-refractivity contribution in [2.24, 2.45) is 0 Å². The van der Waals surface area contributed by atoms with Crippen LogP contribution in [-0.2, 0) is 16.4 Å². The van der Waals surface area contributed by atoms with Gasteiger partial charge in [0.15, 0.2) is 9.84 Å². The Balaban J connectivity index is 1.64. The molecular formula is C14H18N4O5S. The number of fused-ring (bicyclic) bond motifs is 1. The second-order valence-electron chi connectivity index (χ2n) is 5.72. The molecule has 1 aliphatic heterocycles. The minimum absolute atomic E-state index is 0.0585. The number of aliphatic hydroxyl groups is 1. The zero-order valence-corrected chi connectivity index (χ0v) is 13.7. The van der Waals surface area contributed by atoms with Crippen LogP contribution >= 0.6 is 0 Å². The quantitative estimate of drug-likeness (QED) is 0.769. The van der Waals surface area contributed by atoms with Crippen LogP contribution in [0.1, 0.15) is 12.0 Å². The Hall–Kier alpha value is -2.20. The molecule has 0 spiro atoms. The fourth-order valence-corrected chi connectivity index (χ4v) is 4.53. The Bertz CT molecular complexity index is 835. The zero-order chi connectivity index (χ0) is 17.2. The first-order valence-corrected chi connectivity index (χ1v) is 9.37. The van der Waals surface area contributed by atoms with E-state index in [-0.39, 0.29) is 31.2 Å². The summed E-state index contributed by atoms with van der Waals surface area (Å²) in [5.74, 6) is 0.0136. The highest BCUT2D eigenvalue weighted by molar-refractivity contribution is 7.91. The molecule has 2 amide bonds. The molecule has 0 unspecified atom stereocenters. The number of amides is 2. The maximum absolute atomic E-state index is 12.4. The summed E-state index contributed by atoms with van der Waals surface area (Å²) in [7, 11) is -3.11. The average Bonchev–Trinajstić information content (AvgIpc) is 3.15. The second-order valence-corrected chi connectivity index (χ2v) is 7.95. The molecule has 0 bridgehead atoms. The van der Waals surface area contributed by atoms with E-state index in [4.69, 9.17) is 5.11 Å². The first-order chi connectivity index (χ1) is 11.5. The van der Waals surface area contributed by atoms with Crippen molar-refractivity contribution in [3.8, 4) is 0 Å². The summed E-state index contributed by atoms with van der Waals surface area (Å²) < 4.78 is 27.8. The van der Waals surface area contributed by atoms with Crippen molar-refractivity contribution >= 4 is 26.9 Å². The molecule has 1 aromatic heterocycles. The summed E-state index contributed by atoms with van der Waals surface area (Å²) >= 11 is 0. The molecule has 1 saturated heterocycles. The highest BCUT2D eigenvalue weighted by atomic mass is 32.2. The lowest BCUT2D eigenvalue weighted by atomic mass is 10.2. The number of nitrogens with one attached hydrogen (secondary N) is 1. The lowest BCUT2D eigenvalue weighted by molar-refractivity contribution is 0.157. The molecule has 9 nitrogen and oxygen atoms in total. The summed E-state index contributed by atoms with van der Waals surface area (Å²) in [6.07, 6.45) is 0.395. The largest absolute Gasteiger partial charge is 0.395 e. The predicted molar refractivity (Wildman–Crippen MR) is 84.9 cm³/mol. The van der Waals surface area contributed by atoms with Crippen molar-refractivity contribution in [2.75, 3.05) is 24.7 Å². The number of sulfone groups is 1. The van der Waals surface area contributed by atoms with Crippen LogP contribution < -0.4 is 5.32 Å². The minimum Gasteiger partial charge on any atom is -0.395 e. The van der Waals surface area contributed by atoms with Gasteiger partial charge in [-0.1, -0.05) is 6.07 Å². The third kappa shape index (κ3) is 3.65. The van der Waals surface area contributed by atoms with Crippen LogP contribution in [-0.4, -0.2) is 65.5 Å². The summed E-state index contributed by atoms with van der Waals surface area (Å²) in [6, 6.07) is 4.49. The summed E-state index contributed by atoms with van der Waals surface area (Å²) in [6.45, 7) is 0.127. The minimum atomic E-state index is -3.11. The van der Waals surface area contributed by atoms with Crippen LogP contribution in [0.25, 0.3) is 11.0 Å². The Morgan fingerprint density at radius 1 is 1.38 bits per heavy atom. The molecule has 24 heavy (non-hydrogen) atoms. The van der Waals surface area contributed by atoms with Gasteiger partial charge in [0.25, 0.3) is 0 Å². The first kappa shape index (κ1) is 16.7. The van der Waals surface area contributed by atoms with E-state index in [9.17, 15) is 13.2 Å². The first-order valence-electron chi connectivity index (χ1n) is 7.55. The van der Waals surface area contributed by atoms with Crippen molar-refractivity contribution in [1.82, 2.24) is 20.5 Å². The van der Waals surface area contributed by atoms with Gasteiger partial charge in [0, 0.05) is 19.1 Å². The SMILES string of the molecule is O=C(NCc1ccc2nonc2c1)N(CCO)[C@H]1CCS(=O)(=O)C1. The maximum atomic E-state index is 12.4. The molecule has 3 rings (SSSR count). The molecule has 2 aromatic rings. The number of aromatic nitrogens is 2. The maximum Gasteiger partial charge on any atom is 0.318 e. The Morgan fingerprint density at radius 3 is 2.88 bits per heavy atom. The number of carbonyl (C=O) groups is 1. The second kappa shape index (κ2) is 6.73. The predicted octanol–water partition coefficient (Wildman–Crippen LogP) is -0.0862. The number of aliphatic hydroxyl groups excluding tert-OH is 1. The van der Waals surface area contributed by atoms with Crippen molar-refractivity contribution in [2.45, 2.75) is 19.0 Å². The normalized spacial score (nSPS) is 19.5. The van der Waals surface area contributed by atoms with Gasteiger partial charge in [-0.2, -0.15) is 0 Å². The highest BCUT2D eigenvalue weighted by Crippen LogP contribution is 2.18.